The number of aryl methyl sites for hydroxylation is 1. The lowest BCUT2D eigenvalue weighted by molar-refractivity contribution is -0.384. The molecular formula is C55H65FN10O9. The molecular weight excluding hydrogens is 964 g/mol. The van der Waals surface area contributed by atoms with Crippen LogP contribution in [0.2, 0.25) is 0 Å². The Morgan fingerprint density at radius 3 is 2.01 bits per heavy atom. The third-order valence-corrected chi connectivity index (χ3v) is 15.0. The minimum atomic E-state index is -0.974. The summed E-state index contributed by atoms with van der Waals surface area (Å²) >= 11 is 0. The van der Waals surface area contributed by atoms with E-state index in [9.17, 15) is 39.0 Å². The number of halogens is 1. The van der Waals surface area contributed by atoms with E-state index in [2.05, 4.69) is 39.3 Å². The van der Waals surface area contributed by atoms with Gasteiger partial charge in [0.2, 0.25) is 23.6 Å². The zero-order valence-electron chi connectivity index (χ0n) is 42.9. The molecule has 20 heteroatoms. The summed E-state index contributed by atoms with van der Waals surface area (Å²) in [6.45, 7) is 8.85. The molecule has 0 radical (unpaired) electrons. The number of nitro groups is 1. The van der Waals surface area contributed by atoms with Gasteiger partial charge in [0.25, 0.3) is 5.69 Å². The molecule has 0 aromatic heterocycles. The molecule has 5 amide bonds. The molecule has 4 aliphatic rings. The van der Waals surface area contributed by atoms with Crippen LogP contribution in [0.4, 0.5) is 43.3 Å². The fourth-order valence-electron chi connectivity index (χ4n) is 11.1. The third kappa shape index (κ3) is 11.4. The van der Waals surface area contributed by atoms with Crippen LogP contribution in [0.3, 0.4) is 0 Å². The number of anilines is 4. The number of rotatable bonds is 16. The fraction of sp³-hybridized carbons (Fsp3) is 0.436. The van der Waals surface area contributed by atoms with Crippen molar-refractivity contribution in [3.8, 4) is 0 Å². The van der Waals surface area contributed by atoms with E-state index in [1.54, 1.807) is 45.0 Å². The number of ether oxygens (including phenoxy) is 1. The number of nitro benzene ring substituents is 1. The summed E-state index contributed by atoms with van der Waals surface area (Å²) in [5, 5.41) is 24.3. The van der Waals surface area contributed by atoms with E-state index in [0.717, 1.165) is 5.56 Å². The van der Waals surface area contributed by atoms with Crippen molar-refractivity contribution in [3.05, 3.63) is 128 Å². The number of benzene rings is 4. The van der Waals surface area contributed by atoms with Crippen molar-refractivity contribution in [2.24, 2.45) is 16.8 Å². The molecule has 75 heavy (non-hydrogen) atoms. The lowest BCUT2D eigenvalue weighted by atomic mass is 9.98. The van der Waals surface area contributed by atoms with Crippen molar-refractivity contribution in [2.75, 3.05) is 53.7 Å². The predicted molar refractivity (Wildman–Crippen MR) is 284 cm³/mol. The summed E-state index contributed by atoms with van der Waals surface area (Å²) in [5.74, 6) is -2.68. The molecule has 4 aliphatic heterocycles. The Kier molecular flexibility index (Phi) is 16.6. The lowest BCUT2D eigenvalue weighted by Crippen LogP contribution is -2.54. The van der Waals surface area contributed by atoms with Crippen LogP contribution in [-0.4, -0.2) is 102 Å². The number of hydrogen-bond acceptors (Lipinski definition) is 13. The average molecular weight is 1030 g/mol. The van der Waals surface area contributed by atoms with E-state index in [1.807, 2.05) is 41.0 Å². The van der Waals surface area contributed by atoms with Crippen LogP contribution in [0.15, 0.2) is 90.1 Å². The Morgan fingerprint density at radius 2 is 1.45 bits per heavy atom. The molecule has 8 rings (SSSR count). The first-order valence-corrected chi connectivity index (χ1v) is 25.7. The molecule has 4 aromatic rings. The van der Waals surface area contributed by atoms with Crippen LogP contribution in [0.25, 0.3) is 5.57 Å². The highest BCUT2D eigenvalue weighted by atomic mass is 19.1. The molecule has 4 aromatic carbocycles. The van der Waals surface area contributed by atoms with Crippen molar-refractivity contribution < 1.29 is 38.0 Å². The molecule has 0 spiro atoms. The van der Waals surface area contributed by atoms with Crippen LogP contribution in [0.5, 0.6) is 0 Å². The molecule has 396 valence electrons. The minimum absolute atomic E-state index is 0.0613. The van der Waals surface area contributed by atoms with E-state index in [4.69, 9.17) is 10.5 Å². The molecule has 3 fully saturated rings. The van der Waals surface area contributed by atoms with Gasteiger partial charge < -0.3 is 46.0 Å². The van der Waals surface area contributed by atoms with Crippen LogP contribution >= 0.6 is 0 Å². The first-order valence-electron chi connectivity index (χ1n) is 25.7. The highest BCUT2D eigenvalue weighted by Gasteiger charge is 2.42. The number of methoxy groups -OCH3 is 1. The highest BCUT2D eigenvalue weighted by Crippen LogP contribution is 2.50. The lowest BCUT2D eigenvalue weighted by Gasteiger charge is -2.35. The molecule has 0 saturated carbocycles. The summed E-state index contributed by atoms with van der Waals surface area (Å²) in [5.41, 5.74) is 10.7. The number of nitroso groups, excluding NO2 is 1. The largest absolute Gasteiger partial charge is 0.453 e. The Labute approximate surface area is 435 Å². The number of nitrogens with zero attached hydrogens (tertiary/aromatic N) is 6. The maximum atomic E-state index is 16.9. The second kappa shape index (κ2) is 23.2. The Morgan fingerprint density at radius 1 is 0.840 bits per heavy atom. The number of carbonyl (C=O) groups excluding carboxylic acids is 5. The molecule has 19 nitrogen and oxygen atoms in total. The highest BCUT2D eigenvalue weighted by molar-refractivity contribution is 6.01. The number of alkyl carbamates (subject to hydrolysis) is 1. The van der Waals surface area contributed by atoms with Crippen molar-refractivity contribution in [2.45, 2.75) is 115 Å². The topological polar surface area (TPSA) is 242 Å². The van der Waals surface area contributed by atoms with Gasteiger partial charge in [0.1, 0.15) is 35.3 Å². The standard InChI is InChI=1S/C55H65FN10O9/c1-6-40(57)53(69)63-24-10-14-46(63)51(67)58-41-18-16-36(29-43(41)61-72)44-20-21-45(65(44)38-28-33(4)50(39(56)31-38)62-26-22-35(23-27-62)34-12-8-7-9-13-34)37-17-19-42(48(30-37)66(73)74)59-52(68)47-15-11-25-64(47)54(70)49(32(2)3)60-55(71)75-5/h7-9,12-13,16-19,22,28-32,40,44-47,49H,6,10-11,14-15,20-21,23-27,57H2,1-5H3,(H,58,67)(H,59,68)(H,60,71)/t40-,44+,45+,46-,47-,49-/m0/s1. The third-order valence-electron chi connectivity index (χ3n) is 15.0. The summed E-state index contributed by atoms with van der Waals surface area (Å²) in [6.07, 6.45) is 5.16. The number of amides is 5. The summed E-state index contributed by atoms with van der Waals surface area (Å²) < 4.78 is 21.6. The van der Waals surface area contributed by atoms with Crippen molar-refractivity contribution in [1.82, 2.24) is 15.1 Å². The van der Waals surface area contributed by atoms with Crippen LogP contribution in [0, 0.1) is 33.7 Å². The van der Waals surface area contributed by atoms with Crippen molar-refractivity contribution >= 4 is 69.4 Å². The maximum Gasteiger partial charge on any atom is 0.407 e. The van der Waals surface area contributed by atoms with Gasteiger partial charge in [-0.3, -0.25) is 29.3 Å². The van der Waals surface area contributed by atoms with Gasteiger partial charge in [-0.1, -0.05) is 69.3 Å². The number of carbonyl (C=O) groups is 5. The smallest absolute Gasteiger partial charge is 0.407 e. The van der Waals surface area contributed by atoms with Gasteiger partial charge in [-0.05, 0) is 128 Å². The molecule has 4 heterocycles. The van der Waals surface area contributed by atoms with Gasteiger partial charge in [-0.2, -0.15) is 0 Å². The average Bonchev–Trinajstić information content (AvgIpc) is 4.22. The molecule has 0 bridgehead atoms. The fourth-order valence-corrected chi connectivity index (χ4v) is 11.1. The molecule has 0 unspecified atom stereocenters. The second-order valence-corrected chi connectivity index (χ2v) is 20.0. The van der Waals surface area contributed by atoms with Gasteiger partial charge in [-0.25, -0.2) is 9.18 Å². The van der Waals surface area contributed by atoms with Gasteiger partial charge in [0.05, 0.1) is 41.5 Å². The van der Waals surface area contributed by atoms with Gasteiger partial charge >= 0.3 is 6.09 Å². The molecule has 3 saturated heterocycles. The second-order valence-electron chi connectivity index (χ2n) is 20.0. The first kappa shape index (κ1) is 53.5. The normalized spacial score (nSPS) is 20.3. The Hall–Kier alpha value is -7.74. The Bertz CT molecular complexity index is 2860. The molecule has 0 aliphatic carbocycles. The first-order chi connectivity index (χ1) is 36.0. The zero-order chi connectivity index (χ0) is 53.7. The SMILES string of the molecule is CC[C@H](N)C(=O)N1CCC[C@H]1C(=O)Nc1ccc([C@H]2CC[C@H](c3ccc(NC(=O)[C@@H]4CCCN4C(=O)[C@@H](NC(=O)OC)C(C)C)c([N+](=O)[O-])c3)N2c2cc(C)c(N3CC=C(c4ccccc4)CC3)c(F)c2)cc1N=O. The Balaban J connectivity index is 1.10. The monoisotopic (exact) mass is 1030 g/mol. The maximum absolute atomic E-state index is 16.9. The molecule has 5 N–H and O–H groups in total. The van der Waals surface area contributed by atoms with Crippen LogP contribution in [0.1, 0.15) is 106 Å². The van der Waals surface area contributed by atoms with Crippen molar-refractivity contribution in [1.29, 1.82) is 0 Å². The number of nitrogens with one attached hydrogen (secondary N) is 3. The number of nitrogens with two attached hydrogens (primary N) is 1. The van der Waals surface area contributed by atoms with Gasteiger partial charge in [-0.15, -0.1) is 4.91 Å². The van der Waals surface area contributed by atoms with Crippen LogP contribution in [-0.2, 0) is 23.9 Å². The summed E-state index contributed by atoms with van der Waals surface area (Å²) in [6, 6.07) is 18.3. The minimum Gasteiger partial charge on any atom is -0.453 e. The number of likely N-dealkylation sites (tertiary alicyclic amines) is 2. The van der Waals surface area contributed by atoms with E-state index >= 15 is 4.39 Å². The molecule has 6 atom stereocenters. The van der Waals surface area contributed by atoms with E-state index in [1.165, 1.54) is 40.7 Å². The zero-order valence-corrected chi connectivity index (χ0v) is 42.9. The number of hydrogen-bond donors (Lipinski definition) is 4. The van der Waals surface area contributed by atoms with E-state index in [-0.39, 0.29) is 35.4 Å². The van der Waals surface area contributed by atoms with Crippen molar-refractivity contribution in [3.63, 3.8) is 0 Å². The summed E-state index contributed by atoms with van der Waals surface area (Å²) in [7, 11) is 1.19. The van der Waals surface area contributed by atoms with Gasteiger partial charge in [0, 0.05) is 37.9 Å². The van der Waals surface area contributed by atoms with Crippen LogP contribution < -0.4 is 31.5 Å². The quantitative estimate of drug-likeness (QED) is 0.0468. The van der Waals surface area contributed by atoms with E-state index < -0.39 is 76.5 Å². The van der Waals surface area contributed by atoms with Gasteiger partial charge in [0.15, 0.2) is 0 Å². The van der Waals surface area contributed by atoms with E-state index in [0.29, 0.717) is 99.1 Å². The predicted octanol–water partition coefficient (Wildman–Crippen LogP) is 8.79. The summed E-state index contributed by atoms with van der Waals surface area (Å²) in [4.78, 5) is 98.3.